The van der Waals surface area contributed by atoms with Gasteiger partial charge in [-0.2, -0.15) is 0 Å². The molecule has 0 aromatic carbocycles. The average molecular weight is 352 g/mol. The summed E-state index contributed by atoms with van der Waals surface area (Å²) in [5, 5.41) is 10.1. The summed E-state index contributed by atoms with van der Waals surface area (Å²) in [6, 6.07) is 0. The van der Waals surface area contributed by atoms with E-state index in [4.69, 9.17) is 29.2 Å². The van der Waals surface area contributed by atoms with Gasteiger partial charge in [0, 0.05) is 0 Å². The molecule has 1 unspecified atom stereocenters. The minimum Gasteiger partial charge on any atom is -0.371 e. The smallest absolute Gasteiger partial charge is 0.184 e. The molecular weight excluding hydrogens is 328 g/mol. The van der Waals surface area contributed by atoms with Gasteiger partial charge in [-0.25, -0.2) is 0 Å². The summed E-state index contributed by atoms with van der Waals surface area (Å²) in [5.74, 6) is 0. The Morgan fingerprint density at radius 1 is 0.833 bits per heavy atom. The fraction of sp³-hybridized carbons (Fsp3) is 0.714. The van der Waals surface area contributed by atoms with Crippen LogP contribution in [0.15, 0.2) is 0 Å². The Kier molecular flexibility index (Phi) is 7.31. The van der Waals surface area contributed by atoms with Gasteiger partial charge in [-0.3, -0.25) is 0 Å². The second-order valence-corrected chi connectivity index (χ2v) is 4.48. The molecule has 0 radical (unpaired) electrons. The number of aliphatic hydroxyl groups is 1. The molecule has 0 amide bonds. The predicted molar refractivity (Wildman–Crippen MR) is 75.2 cm³/mol. The van der Waals surface area contributed by atoms with Gasteiger partial charge < -0.3 is 48.0 Å². The molecular formula is C14H20O10. The zero-order chi connectivity index (χ0) is 21.3. The van der Waals surface area contributed by atoms with Crippen molar-refractivity contribution in [2.45, 2.75) is 30.7 Å². The molecule has 1 fully saturated rings. The second-order valence-electron chi connectivity index (χ2n) is 4.48. The standard InChI is InChI=1S/C14H20O10/c15-1-5-20-9-10-11(21-6-2-16)12(22-7-3-17)13(14(19)24-10)23-8-4-18/h1-4,10-14,19H,5-9H2/t10-,11-,12+,13+,14?/m1/s1/i1D,2D,3D,4D. The first kappa shape index (κ1) is 14.8. The summed E-state index contributed by atoms with van der Waals surface area (Å²) >= 11 is 0. The number of hydrogen-bond acceptors (Lipinski definition) is 10. The Labute approximate surface area is 143 Å². The van der Waals surface area contributed by atoms with Crippen LogP contribution < -0.4 is 0 Å². The molecule has 0 bridgehead atoms. The molecule has 1 heterocycles. The van der Waals surface area contributed by atoms with E-state index in [0.29, 0.717) is 0 Å². The zero-order valence-corrected chi connectivity index (χ0v) is 12.5. The van der Waals surface area contributed by atoms with Crippen LogP contribution >= 0.6 is 0 Å². The Hall–Kier alpha value is -1.56. The Balaban J connectivity index is 3.03. The SMILES string of the molecule is [2H]C(=O)COC[C@H]1OC(O)[C@@H](OCC([2H])=O)[C@@H](OCC([2H])=O)[C@@H]1OCC([2H])=O. The van der Waals surface area contributed by atoms with E-state index >= 15 is 0 Å². The molecule has 0 spiro atoms. The number of rotatable bonds is 13. The van der Waals surface area contributed by atoms with Gasteiger partial charge in [0.15, 0.2) is 6.29 Å². The van der Waals surface area contributed by atoms with Crippen LogP contribution in [0.5, 0.6) is 0 Å². The van der Waals surface area contributed by atoms with Crippen LogP contribution in [-0.4, -0.2) is 93.9 Å². The van der Waals surface area contributed by atoms with E-state index in [2.05, 4.69) is 0 Å². The summed E-state index contributed by atoms with van der Waals surface area (Å²) in [6.07, 6.45) is -11.4. The number of ether oxygens (including phenoxy) is 5. The Morgan fingerprint density at radius 2 is 1.33 bits per heavy atom. The van der Waals surface area contributed by atoms with Crippen molar-refractivity contribution in [1.29, 1.82) is 0 Å². The van der Waals surface area contributed by atoms with Gasteiger partial charge >= 0.3 is 0 Å². The van der Waals surface area contributed by atoms with Crippen LogP contribution in [0.4, 0.5) is 0 Å². The lowest BCUT2D eigenvalue weighted by Crippen LogP contribution is -2.61. The van der Waals surface area contributed by atoms with Gasteiger partial charge in [0.2, 0.25) is 0 Å². The van der Waals surface area contributed by atoms with E-state index in [1.54, 1.807) is 0 Å². The van der Waals surface area contributed by atoms with E-state index in [9.17, 15) is 24.3 Å². The van der Waals surface area contributed by atoms with Crippen molar-refractivity contribution in [1.82, 2.24) is 0 Å². The molecule has 0 aliphatic carbocycles. The third-order valence-electron chi connectivity index (χ3n) is 3.06. The summed E-state index contributed by atoms with van der Waals surface area (Å²) < 4.78 is 53.3. The van der Waals surface area contributed by atoms with Gasteiger partial charge in [0.25, 0.3) is 0 Å². The Bertz CT molecular complexity index is 574. The van der Waals surface area contributed by atoms with Crippen molar-refractivity contribution in [3.05, 3.63) is 0 Å². The van der Waals surface area contributed by atoms with Crippen molar-refractivity contribution in [3.63, 3.8) is 0 Å². The monoisotopic (exact) mass is 352 g/mol. The Morgan fingerprint density at radius 3 is 1.88 bits per heavy atom. The normalized spacial score (nSPS) is 32.1. The molecule has 1 N–H and O–H groups in total. The topological polar surface area (TPSA) is 135 Å². The lowest BCUT2D eigenvalue weighted by Gasteiger charge is -2.43. The maximum Gasteiger partial charge on any atom is 0.184 e. The first-order chi connectivity index (χ1) is 13.1. The number of aliphatic hydroxyl groups excluding tert-OH is 1. The lowest BCUT2D eigenvalue weighted by atomic mass is 9.98. The fourth-order valence-corrected chi connectivity index (χ4v) is 2.21. The number of hydrogen-bond donors (Lipinski definition) is 1. The molecule has 5 atom stereocenters. The highest BCUT2D eigenvalue weighted by molar-refractivity contribution is 5.51. The molecule has 0 aromatic heterocycles. The predicted octanol–water partition coefficient (Wildman–Crippen LogP) is -2.33. The molecule has 0 aromatic rings. The molecule has 1 aliphatic rings. The maximum absolute atomic E-state index is 11.0. The van der Waals surface area contributed by atoms with E-state index in [1.165, 1.54) is 0 Å². The fourth-order valence-electron chi connectivity index (χ4n) is 2.21. The molecule has 1 aliphatic heterocycles. The summed E-state index contributed by atoms with van der Waals surface area (Å²) in [6.45, 7) is -3.21. The molecule has 10 nitrogen and oxygen atoms in total. The van der Waals surface area contributed by atoms with Crippen molar-refractivity contribution < 1.29 is 53.5 Å². The van der Waals surface area contributed by atoms with Crippen molar-refractivity contribution in [3.8, 4) is 0 Å². The summed E-state index contributed by atoms with van der Waals surface area (Å²) in [4.78, 5) is 43.5. The second kappa shape index (κ2) is 11.9. The highest BCUT2D eigenvalue weighted by atomic mass is 16.7. The molecule has 1 saturated heterocycles. The molecule has 136 valence electrons. The first-order valence-corrected chi connectivity index (χ1v) is 6.85. The van der Waals surface area contributed by atoms with Crippen molar-refractivity contribution in [2.75, 3.05) is 33.0 Å². The first-order valence-electron chi connectivity index (χ1n) is 8.85. The van der Waals surface area contributed by atoms with E-state index in [-0.39, 0.29) is 0 Å². The number of aldehydes is 4. The molecule has 0 saturated carbocycles. The van der Waals surface area contributed by atoms with E-state index in [1.807, 2.05) is 0 Å². The summed E-state index contributed by atoms with van der Waals surface area (Å²) in [5.41, 5.74) is 0. The highest BCUT2D eigenvalue weighted by Crippen LogP contribution is 2.27. The van der Waals surface area contributed by atoms with Crippen LogP contribution in [0.25, 0.3) is 0 Å². The zero-order valence-electron chi connectivity index (χ0n) is 16.5. The number of carbonyl (C=O) groups excluding carboxylic acids is 4. The minimum atomic E-state index is -1.74. The van der Waals surface area contributed by atoms with Crippen LogP contribution in [-0.2, 0) is 42.9 Å². The van der Waals surface area contributed by atoms with Gasteiger partial charge in [-0.15, -0.1) is 0 Å². The van der Waals surface area contributed by atoms with Gasteiger partial charge in [-0.05, 0) is 0 Å². The van der Waals surface area contributed by atoms with Crippen LogP contribution in [0, 0.1) is 0 Å². The van der Waals surface area contributed by atoms with Crippen LogP contribution in [0.1, 0.15) is 5.48 Å². The van der Waals surface area contributed by atoms with Crippen molar-refractivity contribution >= 4 is 25.0 Å². The van der Waals surface area contributed by atoms with Crippen molar-refractivity contribution in [2.24, 2.45) is 0 Å². The van der Waals surface area contributed by atoms with Crippen LogP contribution in [0.3, 0.4) is 0 Å². The van der Waals surface area contributed by atoms with E-state index in [0.717, 1.165) is 0 Å². The van der Waals surface area contributed by atoms with Gasteiger partial charge in [-0.1, -0.05) is 0 Å². The largest absolute Gasteiger partial charge is 0.371 e. The van der Waals surface area contributed by atoms with E-state index < -0.39 is 88.8 Å². The maximum atomic E-state index is 11.0. The lowest BCUT2D eigenvalue weighted by molar-refractivity contribution is -0.307. The van der Waals surface area contributed by atoms with Gasteiger partial charge in [0.1, 0.15) is 81.4 Å². The molecule has 24 heavy (non-hydrogen) atoms. The average Bonchev–Trinajstić information content (AvgIpc) is 2.57. The number of carbonyl (C=O) groups is 4. The highest BCUT2D eigenvalue weighted by Gasteiger charge is 2.47. The third-order valence-corrected chi connectivity index (χ3v) is 3.06. The van der Waals surface area contributed by atoms with Gasteiger partial charge in [0.05, 0.1) is 6.61 Å². The molecule has 10 heteroatoms. The third kappa shape index (κ3) is 6.15. The minimum absolute atomic E-state index is 0.392. The van der Waals surface area contributed by atoms with Crippen LogP contribution in [0.2, 0.25) is 0 Å². The molecule has 1 rings (SSSR count). The summed E-state index contributed by atoms with van der Waals surface area (Å²) in [7, 11) is 0. The quantitative estimate of drug-likeness (QED) is 0.360.